The first kappa shape index (κ1) is 25.4. The summed E-state index contributed by atoms with van der Waals surface area (Å²) in [6, 6.07) is 9.81. The standard InChI is InChI=1S/C23H28ClN3O2S.ClH/c1-15-7-8-17(16(2)13-15)14-20(28)27(12-6-11-26(3)4)23-25-21-19(29-5)10-9-18(24)22(21)30-23;/h7-10,13H,6,11-12,14H2,1-5H3;1H. The van der Waals surface area contributed by atoms with Gasteiger partial charge in [-0.05, 0) is 64.2 Å². The molecule has 168 valence electrons. The number of nitrogens with zero attached hydrogens (tertiary/aromatic N) is 3. The third-order valence-electron chi connectivity index (χ3n) is 5.03. The van der Waals surface area contributed by atoms with E-state index in [1.807, 2.05) is 39.2 Å². The molecule has 0 spiro atoms. The highest BCUT2D eigenvalue weighted by atomic mass is 35.5. The first-order valence-corrected chi connectivity index (χ1v) is 11.1. The fraction of sp³-hybridized carbons (Fsp3) is 0.391. The number of benzene rings is 2. The highest BCUT2D eigenvalue weighted by Crippen LogP contribution is 2.39. The van der Waals surface area contributed by atoms with E-state index in [9.17, 15) is 4.79 Å². The summed E-state index contributed by atoms with van der Waals surface area (Å²) in [5, 5.41) is 1.27. The van der Waals surface area contributed by atoms with Crippen LogP contribution in [-0.2, 0) is 11.2 Å². The van der Waals surface area contributed by atoms with E-state index in [0.717, 1.165) is 28.8 Å². The lowest BCUT2D eigenvalue weighted by molar-refractivity contribution is -0.118. The summed E-state index contributed by atoms with van der Waals surface area (Å²) >= 11 is 7.83. The van der Waals surface area contributed by atoms with Crippen LogP contribution in [0.15, 0.2) is 30.3 Å². The van der Waals surface area contributed by atoms with Crippen LogP contribution in [0.3, 0.4) is 0 Å². The lowest BCUT2D eigenvalue weighted by Crippen LogP contribution is -2.34. The summed E-state index contributed by atoms with van der Waals surface area (Å²) in [6.07, 6.45) is 1.20. The van der Waals surface area contributed by atoms with Gasteiger partial charge in [0.1, 0.15) is 11.3 Å². The Bertz CT molecular complexity index is 1050. The Labute approximate surface area is 199 Å². The zero-order valence-corrected chi connectivity index (χ0v) is 21.0. The van der Waals surface area contributed by atoms with Gasteiger partial charge in [0.25, 0.3) is 0 Å². The van der Waals surface area contributed by atoms with Crippen molar-refractivity contribution in [1.82, 2.24) is 9.88 Å². The largest absolute Gasteiger partial charge is 0.494 e. The van der Waals surface area contributed by atoms with Gasteiger partial charge in [0, 0.05) is 6.54 Å². The Morgan fingerprint density at radius 1 is 1.16 bits per heavy atom. The van der Waals surface area contributed by atoms with E-state index in [0.29, 0.717) is 34.4 Å². The summed E-state index contributed by atoms with van der Waals surface area (Å²) in [7, 11) is 5.68. The molecule has 5 nitrogen and oxygen atoms in total. The quantitative estimate of drug-likeness (QED) is 0.424. The van der Waals surface area contributed by atoms with Crippen LogP contribution >= 0.6 is 35.3 Å². The third kappa shape index (κ3) is 6.10. The molecule has 0 bridgehead atoms. The summed E-state index contributed by atoms with van der Waals surface area (Å²) in [5.74, 6) is 0.696. The fourth-order valence-corrected chi connectivity index (χ4v) is 4.70. The van der Waals surface area contributed by atoms with Gasteiger partial charge < -0.3 is 9.64 Å². The molecule has 1 amide bonds. The van der Waals surface area contributed by atoms with Crippen molar-refractivity contribution < 1.29 is 9.53 Å². The topological polar surface area (TPSA) is 45.7 Å². The number of fused-ring (bicyclic) bond motifs is 1. The van der Waals surface area contributed by atoms with Gasteiger partial charge in [-0.3, -0.25) is 9.69 Å². The van der Waals surface area contributed by atoms with Crippen LogP contribution in [0.2, 0.25) is 5.02 Å². The molecule has 31 heavy (non-hydrogen) atoms. The molecule has 3 rings (SSSR count). The summed E-state index contributed by atoms with van der Waals surface area (Å²) in [6.45, 7) is 5.60. The van der Waals surface area contributed by atoms with E-state index >= 15 is 0 Å². The Morgan fingerprint density at radius 2 is 1.90 bits per heavy atom. The second-order valence-electron chi connectivity index (χ2n) is 7.73. The van der Waals surface area contributed by atoms with Crippen molar-refractivity contribution in [2.45, 2.75) is 26.7 Å². The van der Waals surface area contributed by atoms with E-state index < -0.39 is 0 Å². The van der Waals surface area contributed by atoms with Crippen molar-refractivity contribution in [2.24, 2.45) is 0 Å². The Morgan fingerprint density at radius 3 is 2.55 bits per heavy atom. The van der Waals surface area contributed by atoms with E-state index in [1.54, 1.807) is 18.1 Å². The number of halogens is 2. The van der Waals surface area contributed by atoms with Crippen LogP contribution in [0.5, 0.6) is 5.75 Å². The van der Waals surface area contributed by atoms with Crippen LogP contribution < -0.4 is 9.64 Å². The molecule has 0 N–H and O–H groups in total. The van der Waals surface area contributed by atoms with Crippen LogP contribution in [0.4, 0.5) is 5.13 Å². The molecule has 8 heteroatoms. The van der Waals surface area contributed by atoms with Gasteiger partial charge in [0.05, 0.1) is 23.3 Å². The Balaban J connectivity index is 0.00000341. The molecule has 0 fully saturated rings. The number of hydrogen-bond donors (Lipinski definition) is 0. The van der Waals surface area contributed by atoms with E-state index in [1.165, 1.54) is 16.9 Å². The maximum absolute atomic E-state index is 13.4. The number of anilines is 1. The Hall–Kier alpha value is -1.86. The number of carbonyl (C=O) groups is 1. The SMILES string of the molecule is COc1ccc(Cl)c2sc(N(CCCN(C)C)C(=O)Cc3ccc(C)cc3C)nc12.Cl. The maximum atomic E-state index is 13.4. The normalized spacial score (nSPS) is 10.9. The second-order valence-corrected chi connectivity index (χ2v) is 9.12. The van der Waals surface area contributed by atoms with Gasteiger partial charge in [-0.15, -0.1) is 12.4 Å². The van der Waals surface area contributed by atoms with E-state index in [4.69, 9.17) is 21.3 Å². The third-order valence-corrected chi connectivity index (χ3v) is 6.56. The van der Waals surface area contributed by atoms with E-state index in [-0.39, 0.29) is 18.3 Å². The van der Waals surface area contributed by atoms with Crippen molar-refractivity contribution in [1.29, 1.82) is 0 Å². The lowest BCUT2D eigenvalue weighted by atomic mass is 10.0. The minimum atomic E-state index is 0. The van der Waals surface area contributed by atoms with Crippen LogP contribution in [0, 0.1) is 13.8 Å². The van der Waals surface area contributed by atoms with Crippen molar-refractivity contribution in [3.05, 3.63) is 52.0 Å². The molecule has 1 aromatic heterocycles. The maximum Gasteiger partial charge on any atom is 0.233 e. The molecule has 0 unspecified atom stereocenters. The number of rotatable bonds is 8. The minimum absolute atomic E-state index is 0. The van der Waals surface area contributed by atoms with Crippen molar-refractivity contribution >= 4 is 56.6 Å². The van der Waals surface area contributed by atoms with Gasteiger partial charge in [-0.2, -0.15) is 0 Å². The van der Waals surface area contributed by atoms with Gasteiger partial charge in [0.2, 0.25) is 5.91 Å². The fourth-order valence-electron chi connectivity index (χ4n) is 3.40. The molecule has 0 atom stereocenters. The Kier molecular flexibility index (Phi) is 9.13. The van der Waals surface area contributed by atoms with Crippen LogP contribution in [0.1, 0.15) is 23.1 Å². The van der Waals surface area contributed by atoms with Crippen LogP contribution in [0.25, 0.3) is 10.2 Å². The first-order valence-electron chi connectivity index (χ1n) is 9.94. The monoisotopic (exact) mass is 481 g/mol. The predicted molar refractivity (Wildman–Crippen MR) is 134 cm³/mol. The zero-order chi connectivity index (χ0) is 21.8. The molecule has 3 aromatic rings. The molecule has 0 aliphatic carbocycles. The number of amides is 1. The predicted octanol–water partition coefficient (Wildman–Crippen LogP) is 5.52. The summed E-state index contributed by atoms with van der Waals surface area (Å²) in [4.78, 5) is 22.0. The molecule has 0 saturated carbocycles. The number of thiazole rings is 1. The van der Waals surface area contributed by atoms with Gasteiger partial charge in [0.15, 0.2) is 5.13 Å². The zero-order valence-electron chi connectivity index (χ0n) is 18.6. The molecule has 0 aliphatic rings. The highest BCUT2D eigenvalue weighted by Gasteiger charge is 2.22. The number of carbonyl (C=O) groups excluding carboxylic acids is 1. The molecule has 0 radical (unpaired) electrons. The van der Waals surface area contributed by atoms with Crippen LogP contribution in [-0.4, -0.2) is 50.1 Å². The molecular formula is C23H29Cl2N3O2S. The molecule has 2 aromatic carbocycles. The first-order chi connectivity index (χ1) is 14.3. The second kappa shape index (κ2) is 11.1. The van der Waals surface area contributed by atoms with Crippen molar-refractivity contribution in [3.63, 3.8) is 0 Å². The lowest BCUT2D eigenvalue weighted by Gasteiger charge is -2.21. The number of aryl methyl sites for hydroxylation is 2. The number of ether oxygens (including phenoxy) is 1. The molecule has 1 heterocycles. The highest BCUT2D eigenvalue weighted by molar-refractivity contribution is 7.23. The van der Waals surface area contributed by atoms with Gasteiger partial charge in [-0.25, -0.2) is 4.98 Å². The average Bonchev–Trinajstić information content (AvgIpc) is 3.13. The summed E-state index contributed by atoms with van der Waals surface area (Å²) in [5.41, 5.74) is 4.06. The molecule has 0 aliphatic heterocycles. The van der Waals surface area contributed by atoms with Gasteiger partial charge >= 0.3 is 0 Å². The molecule has 0 saturated heterocycles. The van der Waals surface area contributed by atoms with Gasteiger partial charge in [-0.1, -0.05) is 46.7 Å². The number of hydrogen-bond acceptors (Lipinski definition) is 5. The van der Waals surface area contributed by atoms with E-state index in [2.05, 4.69) is 17.9 Å². The summed E-state index contributed by atoms with van der Waals surface area (Å²) < 4.78 is 6.28. The smallest absolute Gasteiger partial charge is 0.233 e. The van der Waals surface area contributed by atoms with Crippen molar-refractivity contribution in [2.75, 3.05) is 39.2 Å². The molecular weight excluding hydrogens is 453 g/mol. The minimum Gasteiger partial charge on any atom is -0.494 e. The van der Waals surface area contributed by atoms with Crippen molar-refractivity contribution in [3.8, 4) is 5.75 Å². The number of methoxy groups -OCH3 is 1. The average molecular weight is 482 g/mol. The number of aromatic nitrogens is 1.